The molecule has 1 amide bonds. The van der Waals surface area contributed by atoms with Crippen LogP contribution in [0, 0.1) is 6.92 Å². The topological polar surface area (TPSA) is 71.4 Å². The lowest BCUT2D eigenvalue weighted by atomic mass is 10.1. The minimum atomic E-state index is -0.519. The minimum Gasteiger partial charge on any atom is -0.444 e. The molecule has 36 heavy (non-hydrogen) atoms. The highest BCUT2D eigenvalue weighted by molar-refractivity contribution is 6.02. The van der Waals surface area contributed by atoms with Crippen LogP contribution in [0.25, 0.3) is 10.8 Å². The van der Waals surface area contributed by atoms with Gasteiger partial charge in [-0.15, -0.1) is 0 Å². The van der Waals surface area contributed by atoms with Gasteiger partial charge in [-0.1, -0.05) is 65.3 Å². The van der Waals surface area contributed by atoms with Crippen LogP contribution < -0.4 is 0 Å². The van der Waals surface area contributed by atoms with E-state index in [0.717, 1.165) is 21.9 Å². The Kier molecular flexibility index (Phi) is 7.70. The van der Waals surface area contributed by atoms with Crippen LogP contribution in [0.2, 0.25) is 0 Å². The molecule has 0 radical (unpaired) electrons. The average molecular weight is 488 g/mol. The first-order valence-electron chi connectivity index (χ1n) is 12.2. The van der Waals surface area contributed by atoms with Crippen molar-refractivity contribution in [1.29, 1.82) is 0 Å². The summed E-state index contributed by atoms with van der Waals surface area (Å²) in [7, 11) is 0. The van der Waals surface area contributed by atoms with E-state index in [4.69, 9.17) is 9.57 Å². The number of carbonyl (C=O) groups is 2. The Bertz CT molecular complexity index is 1250. The number of rotatable bonds is 5. The van der Waals surface area contributed by atoms with Gasteiger partial charge < -0.3 is 14.5 Å². The maximum absolute atomic E-state index is 12.8. The third kappa shape index (κ3) is 6.70. The van der Waals surface area contributed by atoms with Crippen molar-refractivity contribution in [3.05, 3.63) is 83.4 Å². The number of ether oxygens (including phenoxy) is 1. The third-order valence-corrected chi connectivity index (χ3v) is 6.01. The SMILES string of the molecule is Cc1ccc(C(CN2CCN(C(=O)OC(C)(C)C)CC2)=NOC(=O)c2ccc3ccccc3c2)cc1. The summed E-state index contributed by atoms with van der Waals surface area (Å²) >= 11 is 0. The van der Waals surface area contributed by atoms with E-state index in [1.807, 2.05) is 88.4 Å². The lowest BCUT2D eigenvalue weighted by Gasteiger charge is -2.35. The molecular weight excluding hydrogens is 454 g/mol. The van der Waals surface area contributed by atoms with E-state index in [2.05, 4.69) is 10.1 Å². The van der Waals surface area contributed by atoms with E-state index in [9.17, 15) is 9.59 Å². The van der Waals surface area contributed by atoms with E-state index < -0.39 is 11.6 Å². The Hall–Kier alpha value is -3.71. The van der Waals surface area contributed by atoms with Crippen LogP contribution in [0.3, 0.4) is 0 Å². The van der Waals surface area contributed by atoms with E-state index >= 15 is 0 Å². The summed E-state index contributed by atoms with van der Waals surface area (Å²) in [6.45, 7) is 10.6. The maximum Gasteiger partial charge on any atom is 0.410 e. The number of carbonyl (C=O) groups excluding carboxylic acids is 2. The quantitative estimate of drug-likeness (QED) is 0.279. The van der Waals surface area contributed by atoms with Crippen molar-refractivity contribution < 1.29 is 19.2 Å². The second-order valence-corrected chi connectivity index (χ2v) is 10.1. The molecule has 0 atom stereocenters. The lowest BCUT2D eigenvalue weighted by Crippen LogP contribution is -2.51. The van der Waals surface area contributed by atoms with Gasteiger partial charge >= 0.3 is 12.1 Å². The highest BCUT2D eigenvalue weighted by Gasteiger charge is 2.26. The predicted octanol–water partition coefficient (Wildman–Crippen LogP) is 5.26. The normalized spacial score (nSPS) is 15.1. The first kappa shape index (κ1) is 25.4. The van der Waals surface area contributed by atoms with Crippen LogP contribution in [-0.2, 0) is 9.57 Å². The van der Waals surface area contributed by atoms with Crippen LogP contribution in [-0.4, -0.2) is 65.9 Å². The zero-order valence-corrected chi connectivity index (χ0v) is 21.4. The van der Waals surface area contributed by atoms with Crippen molar-refractivity contribution in [1.82, 2.24) is 9.80 Å². The van der Waals surface area contributed by atoms with Crippen LogP contribution in [0.5, 0.6) is 0 Å². The second-order valence-electron chi connectivity index (χ2n) is 10.1. The van der Waals surface area contributed by atoms with Crippen LogP contribution in [0.15, 0.2) is 71.9 Å². The van der Waals surface area contributed by atoms with Crippen molar-refractivity contribution >= 4 is 28.5 Å². The molecule has 7 heteroatoms. The number of fused-ring (bicyclic) bond motifs is 1. The maximum atomic E-state index is 12.8. The lowest BCUT2D eigenvalue weighted by molar-refractivity contribution is 0.0155. The van der Waals surface area contributed by atoms with Crippen molar-refractivity contribution in [3.8, 4) is 0 Å². The van der Waals surface area contributed by atoms with Gasteiger partial charge in [0.05, 0.1) is 5.56 Å². The largest absolute Gasteiger partial charge is 0.444 e. The fraction of sp³-hybridized carbons (Fsp3) is 0.345. The molecule has 0 N–H and O–H groups in total. The number of oxime groups is 1. The molecule has 0 saturated carbocycles. The Morgan fingerprint density at radius 3 is 2.17 bits per heavy atom. The molecule has 1 saturated heterocycles. The molecule has 7 nitrogen and oxygen atoms in total. The standard InChI is InChI=1S/C29H33N3O4/c1-21-9-11-23(12-10-21)26(20-31-15-17-32(18-16-31)28(34)35-29(2,3)4)30-36-27(33)25-14-13-22-7-5-6-8-24(22)19-25/h5-14,19H,15-18,20H2,1-4H3. The van der Waals surface area contributed by atoms with Crippen molar-refractivity contribution in [3.63, 3.8) is 0 Å². The molecule has 0 bridgehead atoms. The first-order valence-corrected chi connectivity index (χ1v) is 12.2. The zero-order valence-electron chi connectivity index (χ0n) is 21.4. The summed E-state index contributed by atoms with van der Waals surface area (Å²) in [4.78, 5) is 34.5. The molecule has 4 rings (SSSR count). The Labute approximate surface area is 212 Å². The summed E-state index contributed by atoms with van der Waals surface area (Å²) in [5.74, 6) is -0.500. The summed E-state index contributed by atoms with van der Waals surface area (Å²) in [5.41, 5.74) is 2.62. The van der Waals surface area contributed by atoms with Gasteiger partial charge in [0.15, 0.2) is 0 Å². The third-order valence-electron chi connectivity index (χ3n) is 6.01. The summed E-state index contributed by atoms with van der Waals surface area (Å²) < 4.78 is 5.50. The number of nitrogens with zero attached hydrogens (tertiary/aromatic N) is 3. The van der Waals surface area contributed by atoms with E-state index in [-0.39, 0.29) is 6.09 Å². The monoisotopic (exact) mass is 487 g/mol. The van der Waals surface area contributed by atoms with Gasteiger partial charge in [-0.3, -0.25) is 4.90 Å². The van der Waals surface area contributed by atoms with Gasteiger partial charge in [0, 0.05) is 38.3 Å². The predicted molar refractivity (Wildman–Crippen MR) is 141 cm³/mol. The number of piperazine rings is 1. The molecule has 1 aliphatic rings. The summed E-state index contributed by atoms with van der Waals surface area (Å²) in [5, 5.41) is 6.33. The van der Waals surface area contributed by atoms with Gasteiger partial charge in [0.25, 0.3) is 0 Å². The van der Waals surface area contributed by atoms with Gasteiger partial charge in [-0.25, -0.2) is 9.59 Å². The van der Waals surface area contributed by atoms with Gasteiger partial charge in [0.1, 0.15) is 11.3 Å². The minimum absolute atomic E-state index is 0.293. The molecule has 0 spiro atoms. The molecule has 188 valence electrons. The Morgan fingerprint density at radius 2 is 1.50 bits per heavy atom. The summed E-state index contributed by atoms with van der Waals surface area (Å²) in [6.07, 6.45) is -0.293. The highest BCUT2D eigenvalue weighted by Crippen LogP contribution is 2.17. The van der Waals surface area contributed by atoms with Gasteiger partial charge in [-0.2, -0.15) is 0 Å². The molecule has 1 fully saturated rings. The molecule has 0 aromatic heterocycles. The molecule has 0 unspecified atom stereocenters. The number of hydrogen-bond acceptors (Lipinski definition) is 6. The van der Waals surface area contributed by atoms with Gasteiger partial charge in [-0.05, 0) is 50.6 Å². The van der Waals surface area contributed by atoms with Crippen molar-refractivity contribution in [2.75, 3.05) is 32.7 Å². The summed E-state index contributed by atoms with van der Waals surface area (Å²) in [6, 6.07) is 21.3. The highest BCUT2D eigenvalue weighted by atomic mass is 16.7. The first-order chi connectivity index (χ1) is 17.2. The van der Waals surface area contributed by atoms with E-state index in [0.29, 0.717) is 44.0 Å². The molecule has 1 aliphatic heterocycles. The Morgan fingerprint density at radius 1 is 0.861 bits per heavy atom. The smallest absolute Gasteiger partial charge is 0.410 e. The average Bonchev–Trinajstić information content (AvgIpc) is 2.86. The van der Waals surface area contributed by atoms with E-state index in [1.165, 1.54) is 0 Å². The van der Waals surface area contributed by atoms with Crippen LogP contribution in [0.1, 0.15) is 42.3 Å². The zero-order chi connectivity index (χ0) is 25.7. The van der Waals surface area contributed by atoms with Crippen LogP contribution >= 0.6 is 0 Å². The molecule has 1 heterocycles. The van der Waals surface area contributed by atoms with E-state index in [1.54, 1.807) is 11.0 Å². The number of aryl methyl sites for hydroxylation is 1. The fourth-order valence-electron chi connectivity index (χ4n) is 4.01. The fourth-order valence-corrected chi connectivity index (χ4v) is 4.01. The van der Waals surface area contributed by atoms with Gasteiger partial charge in [0.2, 0.25) is 0 Å². The molecule has 3 aromatic rings. The number of hydrogen-bond donors (Lipinski definition) is 0. The molecule has 0 aliphatic carbocycles. The Balaban J connectivity index is 1.45. The molecular formula is C29H33N3O4. The molecule has 3 aromatic carbocycles. The van der Waals surface area contributed by atoms with Crippen LogP contribution in [0.4, 0.5) is 4.79 Å². The number of amides is 1. The van der Waals surface area contributed by atoms with Crippen molar-refractivity contribution in [2.24, 2.45) is 5.16 Å². The van der Waals surface area contributed by atoms with Crippen molar-refractivity contribution in [2.45, 2.75) is 33.3 Å². The second kappa shape index (κ2) is 10.9. The number of benzene rings is 3.